The number of fused-ring (bicyclic) bond motifs is 2. The van der Waals surface area contributed by atoms with Crippen molar-refractivity contribution in [2.24, 2.45) is 5.41 Å². The zero-order chi connectivity index (χ0) is 49.3. The highest BCUT2D eigenvalue weighted by atomic mass is 79.9. The first-order valence-electron chi connectivity index (χ1n) is 21.7. The monoisotopic (exact) mass is 1040 g/mol. The largest absolute Gasteiger partial charge is 0.399 e. The molecule has 1 unspecified atom stereocenters. The Balaban J connectivity index is 0.988. The zero-order valence-corrected chi connectivity index (χ0v) is 40.4. The number of nitrogens with zero attached hydrogens (tertiary/aromatic N) is 3. The molecule has 7 amide bonds. The fourth-order valence-corrected chi connectivity index (χ4v) is 10.1. The number of imide groups is 1. The smallest absolute Gasteiger partial charge is 0.355 e. The lowest BCUT2D eigenvalue weighted by molar-refractivity contribution is -0.141. The van der Waals surface area contributed by atoms with Crippen LogP contribution in [0.3, 0.4) is 0 Å². The van der Waals surface area contributed by atoms with Crippen LogP contribution in [0.5, 0.6) is 0 Å². The molecule has 2 saturated heterocycles. The minimum Gasteiger partial charge on any atom is -0.355 e. The van der Waals surface area contributed by atoms with Crippen LogP contribution in [0.2, 0.25) is 0 Å². The minimum absolute atomic E-state index is 0.0302. The molecule has 7 rings (SSSR count). The highest BCUT2D eigenvalue weighted by molar-refractivity contribution is 9.10. The van der Waals surface area contributed by atoms with Gasteiger partial charge in [0, 0.05) is 77.0 Å². The number of piperidine rings is 1. The number of nitrogens with one attached hydrogen (secondary N) is 3. The Labute approximate surface area is 402 Å². The minimum atomic E-state index is -5.83. The van der Waals surface area contributed by atoms with Crippen LogP contribution in [0.1, 0.15) is 96.0 Å². The van der Waals surface area contributed by atoms with Gasteiger partial charge in [-0.1, -0.05) is 60.7 Å². The molecule has 4 heterocycles. The standard InChI is InChI=1S/C47H48BrF2N6O10PS/c1-46(2,3)40(53-42(60)37-25-28-24-29(12-18-36(28)68-37)47(49,50)67(64,65)66)45(63)55-22-7-11-35(55)44(62)54(31-15-13-30(48)14-16-31)23-20-38(57)51-21-5-4-8-27-9-6-10-32-33(27)26-56(43(32)61)34-17-19-39(58)52-41(34)59/h6,9-10,12-16,18,24-25,34-35,40H,5,7,11,17,19-23,26H2,1-3H3,(H,51,57)(H,53,60)(H,52,58,59)(H2,64,65,66)/t34?,35-,40+/m0/s1. The zero-order valence-electron chi connectivity index (χ0n) is 37.1. The van der Waals surface area contributed by atoms with Gasteiger partial charge in [-0.15, -0.1) is 11.3 Å². The third-order valence-electron chi connectivity index (χ3n) is 12.0. The predicted octanol–water partition coefficient (Wildman–Crippen LogP) is 5.77. The number of halogens is 3. The molecule has 0 aliphatic carbocycles. The molecule has 16 nitrogen and oxygen atoms in total. The molecule has 5 N–H and O–H groups in total. The van der Waals surface area contributed by atoms with E-state index in [1.807, 2.05) is 0 Å². The number of thiophene rings is 1. The molecule has 0 spiro atoms. The van der Waals surface area contributed by atoms with Crippen molar-refractivity contribution >= 4 is 92.0 Å². The fraction of sp³-hybridized carbons (Fsp3) is 0.383. The van der Waals surface area contributed by atoms with E-state index in [1.165, 1.54) is 26.8 Å². The normalized spacial score (nSPS) is 17.9. The third-order valence-corrected chi connectivity index (χ3v) is 14.6. The van der Waals surface area contributed by atoms with Crippen LogP contribution in [0.4, 0.5) is 14.5 Å². The van der Waals surface area contributed by atoms with E-state index < -0.39 is 66.0 Å². The molecule has 0 bridgehead atoms. The van der Waals surface area contributed by atoms with Crippen LogP contribution >= 0.6 is 34.9 Å². The summed E-state index contributed by atoms with van der Waals surface area (Å²) in [6.07, 6.45) is 1.36. The van der Waals surface area contributed by atoms with Crippen molar-refractivity contribution in [2.75, 3.05) is 24.5 Å². The highest BCUT2D eigenvalue weighted by Crippen LogP contribution is 2.59. The van der Waals surface area contributed by atoms with Gasteiger partial charge in [-0.2, -0.15) is 8.78 Å². The van der Waals surface area contributed by atoms with Crippen LogP contribution in [0, 0.1) is 17.3 Å². The second-order valence-electron chi connectivity index (χ2n) is 17.8. The van der Waals surface area contributed by atoms with Crippen LogP contribution in [0.25, 0.3) is 10.1 Å². The number of rotatable bonds is 13. The highest BCUT2D eigenvalue weighted by Gasteiger charge is 2.50. The summed E-state index contributed by atoms with van der Waals surface area (Å²) in [6.45, 7) is 5.79. The second kappa shape index (κ2) is 20.0. The first-order valence-corrected chi connectivity index (χ1v) is 25.0. The van der Waals surface area contributed by atoms with Gasteiger partial charge in [-0.05, 0) is 90.2 Å². The van der Waals surface area contributed by atoms with Gasteiger partial charge in [-0.3, -0.25) is 43.4 Å². The summed E-state index contributed by atoms with van der Waals surface area (Å²) in [5.41, 5.74) is -3.99. The summed E-state index contributed by atoms with van der Waals surface area (Å²) in [7, 11) is -5.83. The molecule has 3 aromatic carbocycles. The van der Waals surface area contributed by atoms with Crippen LogP contribution in [-0.4, -0.2) is 98.7 Å². The van der Waals surface area contributed by atoms with Crippen LogP contribution < -0.4 is 20.9 Å². The third kappa shape index (κ3) is 10.7. The Hall–Kier alpha value is -5.84. The van der Waals surface area contributed by atoms with E-state index in [4.69, 9.17) is 0 Å². The Kier molecular flexibility index (Phi) is 14.7. The van der Waals surface area contributed by atoms with Crippen molar-refractivity contribution in [2.45, 2.75) is 89.6 Å². The topological polar surface area (TPSA) is 223 Å². The quantitative estimate of drug-likeness (QED) is 0.0471. The molecule has 358 valence electrons. The summed E-state index contributed by atoms with van der Waals surface area (Å²) >= 11 is 4.37. The molecule has 1 aromatic heterocycles. The van der Waals surface area contributed by atoms with Gasteiger partial charge in [0.15, 0.2) is 0 Å². The van der Waals surface area contributed by atoms with Gasteiger partial charge < -0.3 is 35.1 Å². The number of amides is 7. The lowest BCUT2D eigenvalue weighted by Gasteiger charge is -2.36. The van der Waals surface area contributed by atoms with Crippen LogP contribution in [-0.2, 0) is 40.7 Å². The van der Waals surface area contributed by atoms with Crippen LogP contribution in [0.15, 0.2) is 71.2 Å². The van der Waals surface area contributed by atoms with E-state index in [9.17, 15) is 56.7 Å². The van der Waals surface area contributed by atoms with Gasteiger partial charge in [0.05, 0.1) is 4.88 Å². The van der Waals surface area contributed by atoms with Gasteiger partial charge in [0.25, 0.3) is 11.8 Å². The Morgan fingerprint density at radius 3 is 2.46 bits per heavy atom. The summed E-state index contributed by atoms with van der Waals surface area (Å²) in [5.74, 6) is 2.96. The van der Waals surface area contributed by atoms with E-state index in [0.29, 0.717) is 39.9 Å². The fourth-order valence-electron chi connectivity index (χ4n) is 8.41. The van der Waals surface area contributed by atoms with Crippen molar-refractivity contribution in [3.63, 3.8) is 0 Å². The molecule has 3 aliphatic rings. The van der Waals surface area contributed by atoms with Crippen molar-refractivity contribution in [3.8, 4) is 11.8 Å². The maximum atomic E-state index is 14.5. The molecule has 21 heteroatoms. The molecule has 2 fully saturated rings. The number of alkyl halides is 2. The first kappa shape index (κ1) is 50.0. The summed E-state index contributed by atoms with van der Waals surface area (Å²) in [4.78, 5) is 116. The van der Waals surface area contributed by atoms with E-state index >= 15 is 0 Å². The first-order chi connectivity index (χ1) is 32.0. The summed E-state index contributed by atoms with van der Waals surface area (Å²) in [5, 5.41) is 8.07. The van der Waals surface area contributed by atoms with Crippen molar-refractivity contribution < 1.29 is 56.7 Å². The maximum absolute atomic E-state index is 14.5. The molecule has 0 radical (unpaired) electrons. The molecular weight excluding hydrogens is 989 g/mol. The second-order valence-corrected chi connectivity index (χ2v) is 21.4. The van der Waals surface area contributed by atoms with E-state index in [2.05, 4.69) is 43.7 Å². The van der Waals surface area contributed by atoms with Gasteiger partial charge in [0.1, 0.15) is 18.1 Å². The van der Waals surface area contributed by atoms with E-state index in [0.717, 1.165) is 27.9 Å². The molecule has 0 saturated carbocycles. The average Bonchev–Trinajstić information content (AvgIpc) is 4.03. The molecule has 3 aliphatic heterocycles. The Morgan fingerprint density at radius 2 is 1.76 bits per heavy atom. The molecule has 4 aromatic rings. The Bertz CT molecular complexity index is 2820. The lowest BCUT2D eigenvalue weighted by Crippen LogP contribution is -2.58. The number of benzene rings is 3. The Morgan fingerprint density at radius 1 is 1.03 bits per heavy atom. The number of anilines is 1. The predicted molar refractivity (Wildman–Crippen MR) is 251 cm³/mol. The van der Waals surface area contributed by atoms with Gasteiger partial charge in [-0.25, -0.2) is 0 Å². The van der Waals surface area contributed by atoms with E-state index in [-0.39, 0.29) is 79.8 Å². The number of likely N-dealkylation sites (tertiary alicyclic amines) is 1. The number of carbonyl (C=O) groups excluding carboxylic acids is 7. The summed E-state index contributed by atoms with van der Waals surface area (Å²) < 4.78 is 41.6. The summed E-state index contributed by atoms with van der Waals surface area (Å²) in [6, 6.07) is 13.6. The maximum Gasteiger partial charge on any atom is 0.399 e. The molecular formula is C47H48BrF2N6O10PS. The van der Waals surface area contributed by atoms with Gasteiger partial charge in [0.2, 0.25) is 29.5 Å². The van der Waals surface area contributed by atoms with Gasteiger partial charge >= 0.3 is 13.3 Å². The van der Waals surface area contributed by atoms with Crippen molar-refractivity contribution in [3.05, 3.63) is 98.3 Å². The van der Waals surface area contributed by atoms with Crippen molar-refractivity contribution in [1.82, 2.24) is 25.8 Å². The lowest BCUT2D eigenvalue weighted by atomic mass is 9.85. The number of hydrogen-bond donors (Lipinski definition) is 5. The number of hydrogen-bond acceptors (Lipinski definition) is 9. The SMILES string of the molecule is CC(C)(C)[C@H](NC(=O)c1cc2cc(C(F)(F)P(=O)(O)O)ccc2s1)C(=O)N1CCC[C@H]1C(=O)N(CCC(=O)NCCC#Cc1cccc2c1CN(C1CCC(=O)NC1=O)C2=O)c1ccc(Br)cc1. The average molecular weight is 1040 g/mol. The van der Waals surface area contributed by atoms with E-state index in [1.54, 1.807) is 63.2 Å². The number of carbonyl (C=O) groups is 7. The molecule has 68 heavy (non-hydrogen) atoms. The molecule has 3 atom stereocenters. The van der Waals surface area contributed by atoms with Crippen molar-refractivity contribution in [1.29, 1.82) is 0 Å².